The van der Waals surface area contributed by atoms with Crippen molar-refractivity contribution in [3.8, 4) is 23.0 Å². The Balaban J connectivity index is 0.000000249. The van der Waals surface area contributed by atoms with Crippen LogP contribution in [0.15, 0.2) is 84.9 Å². The van der Waals surface area contributed by atoms with Crippen molar-refractivity contribution in [1.29, 1.82) is 0 Å². The van der Waals surface area contributed by atoms with Crippen molar-refractivity contribution in [3.05, 3.63) is 118 Å². The van der Waals surface area contributed by atoms with Gasteiger partial charge in [0.05, 0.1) is 28.4 Å². The summed E-state index contributed by atoms with van der Waals surface area (Å²) in [7, 11) is 6.47. The van der Waals surface area contributed by atoms with Gasteiger partial charge in [-0.1, -0.05) is 60.7 Å². The fraction of sp³-hybridized carbons (Fsp3) is 0.235. The summed E-state index contributed by atoms with van der Waals surface area (Å²) in [5.74, 6) is 2.81. The number of amides is 1. The highest BCUT2D eigenvalue weighted by molar-refractivity contribution is 6.67. The Morgan fingerprint density at radius 1 is 0.674 bits per heavy atom. The first-order chi connectivity index (χ1) is 20.7. The summed E-state index contributed by atoms with van der Waals surface area (Å²) in [4.78, 5) is 22.4. The molecule has 9 heteroatoms. The molecule has 0 spiro atoms. The predicted molar refractivity (Wildman–Crippen MR) is 171 cm³/mol. The molecule has 0 fully saturated rings. The van der Waals surface area contributed by atoms with Crippen molar-refractivity contribution < 1.29 is 28.5 Å². The molecule has 0 aromatic heterocycles. The number of hydrogen-bond acceptors (Lipinski definition) is 7. The van der Waals surface area contributed by atoms with Gasteiger partial charge >= 0.3 is 0 Å². The van der Waals surface area contributed by atoms with Crippen LogP contribution in [0.3, 0.4) is 0 Å². The van der Waals surface area contributed by atoms with Crippen LogP contribution in [0.1, 0.15) is 43.0 Å². The number of nitrogens with two attached hydrogens (primary N) is 1. The minimum atomic E-state index is -0.407. The molecular weight excluding hydrogens is 568 g/mol. The smallest absolute Gasteiger partial charge is 0.252 e. The van der Waals surface area contributed by atoms with Crippen LogP contribution in [-0.2, 0) is 13.1 Å². The van der Waals surface area contributed by atoms with Gasteiger partial charge in [-0.05, 0) is 72.0 Å². The number of ether oxygens (including phenoxy) is 4. The van der Waals surface area contributed by atoms with Crippen molar-refractivity contribution in [2.45, 2.75) is 26.9 Å². The normalized spacial score (nSPS) is 9.77. The second-order valence-electron chi connectivity index (χ2n) is 9.19. The van der Waals surface area contributed by atoms with Crippen LogP contribution in [0.4, 0.5) is 0 Å². The first kappa shape index (κ1) is 34.7. The van der Waals surface area contributed by atoms with Crippen LogP contribution in [0.5, 0.6) is 23.0 Å². The first-order valence-corrected chi connectivity index (χ1v) is 13.8. The molecule has 0 atom stereocenters. The third kappa shape index (κ3) is 10.7. The van der Waals surface area contributed by atoms with Gasteiger partial charge in [-0.25, -0.2) is 0 Å². The van der Waals surface area contributed by atoms with Gasteiger partial charge in [0.25, 0.3) is 11.1 Å². The molecule has 1 amide bonds. The third-order valence-electron chi connectivity index (χ3n) is 6.17. The zero-order valence-electron chi connectivity index (χ0n) is 25.4. The van der Waals surface area contributed by atoms with Gasteiger partial charge in [-0.2, -0.15) is 0 Å². The average molecular weight is 607 g/mol. The monoisotopic (exact) mass is 606 g/mol. The van der Waals surface area contributed by atoms with Gasteiger partial charge in [0.2, 0.25) is 0 Å². The van der Waals surface area contributed by atoms with E-state index in [-0.39, 0.29) is 5.91 Å². The lowest BCUT2D eigenvalue weighted by Gasteiger charge is -2.13. The SMILES string of the molecule is COc1cc(CN)cc(C)c1OC.COc1cc(CNC(=O)c2ccccc2)cc(C)c1OC.O=C(Cl)c1ccccc1. The van der Waals surface area contributed by atoms with Gasteiger partial charge < -0.3 is 30.0 Å². The maximum atomic E-state index is 12.0. The van der Waals surface area contributed by atoms with Crippen LogP contribution >= 0.6 is 11.6 Å². The van der Waals surface area contributed by atoms with Gasteiger partial charge in [0.1, 0.15) is 0 Å². The van der Waals surface area contributed by atoms with Crippen molar-refractivity contribution >= 4 is 22.8 Å². The molecular formula is C34H39ClN2O6. The molecule has 0 unspecified atom stereocenters. The van der Waals surface area contributed by atoms with E-state index in [2.05, 4.69) is 5.32 Å². The fourth-order valence-electron chi connectivity index (χ4n) is 4.12. The number of carbonyl (C=O) groups is 2. The second kappa shape index (κ2) is 18.1. The maximum Gasteiger partial charge on any atom is 0.252 e. The number of hydrogen-bond donors (Lipinski definition) is 2. The summed E-state index contributed by atoms with van der Waals surface area (Å²) in [6.07, 6.45) is 0. The van der Waals surface area contributed by atoms with E-state index in [1.807, 2.05) is 62.4 Å². The molecule has 4 rings (SSSR count). The Morgan fingerprint density at radius 3 is 1.51 bits per heavy atom. The number of carbonyl (C=O) groups excluding carboxylic acids is 2. The molecule has 8 nitrogen and oxygen atoms in total. The van der Waals surface area contributed by atoms with Crippen molar-refractivity contribution in [2.24, 2.45) is 5.73 Å². The average Bonchev–Trinajstić information content (AvgIpc) is 3.04. The Labute approximate surface area is 258 Å². The van der Waals surface area contributed by atoms with E-state index in [1.165, 1.54) is 0 Å². The summed E-state index contributed by atoms with van der Waals surface area (Å²) < 4.78 is 21.0. The number of nitrogens with one attached hydrogen (secondary N) is 1. The van der Waals surface area contributed by atoms with E-state index in [0.717, 1.165) is 39.5 Å². The lowest BCUT2D eigenvalue weighted by Crippen LogP contribution is -2.22. The Hall–Kier alpha value is -4.53. The van der Waals surface area contributed by atoms with E-state index >= 15 is 0 Å². The van der Waals surface area contributed by atoms with E-state index in [0.29, 0.717) is 30.0 Å². The van der Waals surface area contributed by atoms with E-state index in [1.54, 1.807) is 64.8 Å². The van der Waals surface area contributed by atoms with Crippen molar-refractivity contribution in [2.75, 3.05) is 28.4 Å². The Morgan fingerprint density at radius 2 is 1.12 bits per heavy atom. The zero-order chi connectivity index (χ0) is 31.8. The highest BCUT2D eigenvalue weighted by Gasteiger charge is 2.11. The summed E-state index contributed by atoms with van der Waals surface area (Å²) in [5.41, 5.74) is 10.8. The van der Waals surface area contributed by atoms with E-state index in [4.69, 9.17) is 36.3 Å². The molecule has 0 aliphatic rings. The van der Waals surface area contributed by atoms with Crippen LogP contribution in [0.25, 0.3) is 0 Å². The molecule has 0 heterocycles. The van der Waals surface area contributed by atoms with Gasteiger partial charge in [-0.3, -0.25) is 9.59 Å². The first-order valence-electron chi connectivity index (χ1n) is 13.4. The number of rotatable bonds is 9. The van der Waals surface area contributed by atoms with Gasteiger partial charge in [-0.15, -0.1) is 0 Å². The highest BCUT2D eigenvalue weighted by Crippen LogP contribution is 2.32. The number of halogens is 1. The molecule has 0 aliphatic heterocycles. The molecule has 4 aromatic rings. The van der Waals surface area contributed by atoms with Gasteiger partial charge in [0, 0.05) is 24.2 Å². The van der Waals surface area contributed by atoms with Crippen molar-refractivity contribution in [3.63, 3.8) is 0 Å². The standard InChI is InChI=1S/C17H19NO3.C10H15NO2.C7H5ClO/c1-12-9-13(10-15(20-2)16(12)21-3)11-18-17(19)14-7-5-4-6-8-14;1-7-4-8(6-11)5-9(12-2)10(7)13-3;8-7(9)6-4-2-1-3-5-6/h4-10H,11H2,1-3H3,(H,18,19);4-5H,6,11H2,1-3H3;1-5H. The molecule has 0 saturated heterocycles. The Bertz CT molecular complexity index is 1460. The van der Waals surface area contributed by atoms with Crippen molar-refractivity contribution in [1.82, 2.24) is 5.32 Å². The summed E-state index contributed by atoms with van der Waals surface area (Å²) in [6, 6.07) is 25.6. The minimum Gasteiger partial charge on any atom is -0.493 e. The molecule has 43 heavy (non-hydrogen) atoms. The fourth-order valence-corrected chi connectivity index (χ4v) is 4.24. The van der Waals surface area contributed by atoms with Crippen LogP contribution < -0.4 is 30.0 Å². The molecule has 0 bridgehead atoms. The quantitative estimate of drug-likeness (QED) is 0.210. The number of methoxy groups -OCH3 is 4. The zero-order valence-corrected chi connectivity index (χ0v) is 26.2. The second-order valence-corrected chi connectivity index (χ2v) is 9.53. The predicted octanol–water partition coefficient (Wildman–Crippen LogP) is 6.48. The molecule has 0 aliphatic carbocycles. The number of aryl methyl sites for hydroxylation is 2. The maximum absolute atomic E-state index is 12.0. The third-order valence-corrected chi connectivity index (χ3v) is 6.39. The van der Waals surface area contributed by atoms with E-state index < -0.39 is 5.24 Å². The molecule has 4 aromatic carbocycles. The Kier molecular flexibility index (Phi) is 14.6. The topological polar surface area (TPSA) is 109 Å². The van der Waals surface area contributed by atoms with Crippen LogP contribution in [0, 0.1) is 13.8 Å². The number of benzene rings is 4. The molecule has 0 radical (unpaired) electrons. The largest absolute Gasteiger partial charge is 0.493 e. The van der Waals surface area contributed by atoms with Crippen LogP contribution in [0.2, 0.25) is 0 Å². The molecule has 228 valence electrons. The van der Waals surface area contributed by atoms with Crippen LogP contribution in [-0.4, -0.2) is 39.6 Å². The summed E-state index contributed by atoms with van der Waals surface area (Å²) >= 11 is 5.16. The highest BCUT2D eigenvalue weighted by atomic mass is 35.5. The summed E-state index contributed by atoms with van der Waals surface area (Å²) in [5, 5.41) is 2.49. The lowest BCUT2D eigenvalue weighted by molar-refractivity contribution is 0.0950. The summed E-state index contributed by atoms with van der Waals surface area (Å²) in [6.45, 7) is 4.88. The molecule has 3 N–H and O–H groups in total. The lowest BCUT2D eigenvalue weighted by atomic mass is 10.1. The van der Waals surface area contributed by atoms with E-state index in [9.17, 15) is 9.59 Å². The van der Waals surface area contributed by atoms with Gasteiger partial charge in [0.15, 0.2) is 23.0 Å². The minimum absolute atomic E-state index is 0.0944. The molecule has 0 saturated carbocycles.